The summed E-state index contributed by atoms with van der Waals surface area (Å²) in [5.74, 6) is 2.31. The summed E-state index contributed by atoms with van der Waals surface area (Å²) in [6.45, 7) is 1.85. The number of halogens is 1. The lowest BCUT2D eigenvalue weighted by atomic mass is 10.3. The number of ether oxygens (including phenoxy) is 1. The van der Waals surface area contributed by atoms with E-state index in [4.69, 9.17) is 4.74 Å². The number of nitrogens with zero attached hydrogens (tertiary/aromatic N) is 2. The average molecular weight is 294 g/mol. The molecule has 0 fully saturated rings. The maximum Gasteiger partial charge on any atom is 0.135 e. The molecule has 17 heavy (non-hydrogen) atoms. The van der Waals surface area contributed by atoms with Gasteiger partial charge in [0.05, 0.1) is 7.11 Å². The number of aryl methyl sites for hydroxylation is 1. The van der Waals surface area contributed by atoms with Crippen molar-refractivity contribution in [3.05, 3.63) is 40.8 Å². The molecule has 1 N–H and O–H groups in total. The predicted octanol–water partition coefficient (Wildman–Crippen LogP) is 3.30. The second kappa shape index (κ2) is 5.14. The number of anilines is 2. The van der Waals surface area contributed by atoms with Gasteiger partial charge in [0.2, 0.25) is 0 Å². The van der Waals surface area contributed by atoms with Crippen molar-refractivity contribution < 1.29 is 4.74 Å². The molecule has 0 atom stereocenters. The van der Waals surface area contributed by atoms with Gasteiger partial charge in [-0.05, 0) is 47.1 Å². The first-order valence-electron chi connectivity index (χ1n) is 5.09. The van der Waals surface area contributed by atoms with E-state index in [1.54, 1.807) is 7.11 Å². The summed E-state index contributed by atoms with van der Waals surface area (Å²) in [6, 6.07) is 9.49. The van der Waals surface area contributed by atoms with Gasteiger partial charge in [-0.1, -0.05) is 0 Å². The minimum absolute atomic E-state index is 0.718. The second-order valence-corrected chi connectivity index (χ2v) is 4.29. The van der Waals surface area contributed by atoms with E-state index in [0.29, 0.717) is 0 Å². The Kier molecular flexibility index (Phi) is 3.58. The first-order chi connectivity index (χ1) is 8.17. The highest BCUT2D eigenvalue weighted by molar-refractivity contribution is 9.10. The Labute approximate surface area is 108 Å². The van der Waals surface area contributed by atoms with E-state index in [1.807, 2.05) is 37.3 Å². The van der Waals surface area contributed by atoms with Crippen LogP contribution >= 0.6 is 15.9 Å². The molecule has 0 saturated heterocycles. The topological polar surface area (TPSA) is 47.0 Å². The van der Waals surface area contributed by atoms with Crippen LogP contribution in [-0.2, 0) is 0 Å². The number of aromatic nitrogens is 2. The second-order valence-electron chi connectivity index (χ2n) is 3.48. The van der Waals surface area contributed by atoms with E-state index in [1.165, 1.54) is 0 Å². The van der Waals surface area contributed by atoms with Crippen LogP contribution in [0.2, 0.25) is 0 Å². The van der Waals surface area contributed by atoms with Crippen LogP contribution in [0.1, 0.15) is 5.82 Å². The first kappa shape index (κ1) is 11.9. The van der Waals surface area contributed by atoms with Gasteiger partial charge in [0.15, 0.2) is 0 Å². The standard InChI is InChI=1S/C12H12BrN3O/c1-8-14-11(13)7-12(15-8)16-9-3-5-10(17-2)6-4-9/h3-7H,1-2H3,(H,14,15,16). The Hall–Kier alpha value is -1.62. The van der Waals surface area contributed by atoms with E-state index < -0.39 is 0 Å². The van der Waals surface area contributed by atoms with Crippen molar-refractivity contribution in [2.45, 2.75) is 6.92 Å². The summed E-state index contributed by atoms with van der Waals surface area (Å²) in [5, 5.41) is 3.20. The minimum Gasteiger partial charge on any atom is -0.497 e. The fourth-order valence-corrected chi connectivity index (χ4v) is 1.89. The summed E-state index contributed by atoms with van der Waals surface area (Å²) in [4.78, 5) is 8.44. The molecule has 5 heteroatoms. The number of nitrogens with one attached hydrogen (secondary N) is 1. The molecule has 88 valence electrons. The maximum absolute atomic E-state index is 5.10. The van der Waals surface area contributed by atoms with Crippen LogP contribution in [0.4, 0.5) is 11.5 Å². The monoisotopic (exact) mass is 293 g/mol. The Morgan fingerprint density at radius 3 is 2.47 bits per heavy atom. The quantitative estimate of drug-likeness (QED) is 0.882. The van der Waals surface area contributed by atoms with Gasteiger partial charge in [-0.25, -0.2) is 9.97 Å². The van der Waals surface area contributed by atoms with E-state index in [2.05, 4.69) is 31.2 Å². The van der Waals surface area contributed by atoms with E-state index >= 15 is 0 Å². The Bertz CT molecular complexity index is 493. The van der Waals surface area contributed by atoms with Gasteiger partial charge in [0.1, 0.15) is 22.0 Å². The molecule has 4 nitrogen and oxygen atoms in total. The van der Waals surface area contributed by atoms with Crippen LogP contribution in [0.25, 0.3) is 0 Å². The van der Waals surface area contributed by atoms with Gasteiger partial charge in [-0.2, -0.15) is 0 Å². The molecule has 0 bridgehead atoms. The molecule has 0 amide bonds. The lowest BCUT2D eigenvalue weighted by Gasteiger charge is -2.07. The molecule has 2 aromatic rings. The van der Waals surface area contributed by atoms with Crippen LogP contribution in [0.3, 0.4) is 0 Å². The molecule has 2 rings (SSSR count). The third-order valence-electron chi connectivity index (χ3n) is 2.17. The van der Waals surface area contributed by atoms with Crippen LogP contribution in [0.5, 0.6) is 5.75 Å². The van der Waals surface area contributed by atoms with Crippen molar-refractivity contribution in [2.75, 3.05) is 12.4 Å². The van der Waals surface area contributed by atoms with Gasteiger partial charge in [0.25, 0.3) is 0 Å². The average Bonchev–Trinajstić information content (AvgIpc) is 2.28. The van der Waals surface area contributed by atoms with Crippen molar-refractivity contribution >= 4 is 27.4 Å². The number of hydrogen-bond acceptors (Lipinski definition) is 4. The summed E-state index contributed by atoms with van der Waals surface area (Å²) < 4.78 is 5.86. The highest BCUT2D eigenvalue weighted by Gasteiger charge is 2.00. The molecular weight excluding hydrogens is 282 g/mol. The number of hydrogen-bond donors (Lipinski definition) is 1. The largest absolute Gasteiger partial charge is 0.497 e. The van der Waals surface area contributed by atoms with Crippen molar-refractivity contribution in [1.29, 1.82) is 0 Å². The fraction of sp³-hybridized carbons (Fsp3) is 0.167. The summed E-state index contributed by atoms with van der Waals surface area (Å²) in [5.41, 5.74) is 0.954. The number of methoxy groups -OCH3 is 1. The normalized spacial score (nSPS) is 10.1. The van der Waals surface area contributed by atoms with Gasteiger partial charge in [-0.3, -0.25) is 0 Å². The third kappa shape index (κ3) is 3.17. The van der Waals surface area contributed by atoms with E-state index in [0.717, 1.165) is 27.7 Å². The smallest absolute Gasteiger partial charge is 0.135 e. The zero-order valence-corrected chi connectivity index (χ0v) is 11.2. The zero-order valence-electron chi connectivity index (χ0n) is 9.57. The van der Waals surface area contributed by atoms with Crippen molar-refractivity contribution in [3.63, 3.8) is 0 Å². The lowest BCUT2D eigenvalue weighted by Crippen LogP contribution is -1.97. The summed E-state index contributed by atoms with van der Waals surface area (Å²) in [7, 11) is 1.65. The van der Waals surface area contributed by atoms with Gasteiger partial charge < -0.3 is 10.1 Å². The maximum atomic E-state index is 5.10. The van der Waals surface area contributed by atoms with Gasteiger partial charge >= 0.3 is 0 Å². The minimum atomic E-state index is 0.718. The highest BCUT2D eigenvalue weighted by Crippen LogP contribution is 2.20. The Balaban J connectivity index is 2.19. The summed E-state index contributed by atoms with van der Waals surface area (Å²) >= 11 is 3.34. The molecule has 0 radical (unpaired) electrons. The molecule has 0 aliphatic rings. The molecule has 1 aromatic heterocycles. The van der Waals surface area contributed by atoms with Crippen LogP contribution < -0.4 is 10.1 Å². The highest BCUT2D eigenvalue weighted by atomic mass is 79.9. The van der Waals surface area contributed by atoms with Crippen LogP contribution in [0.15, 0.2) is 34.9 Å². The van der Waals surface area contributed by atoms with Crippen LogP contribution in [0, 0.1) is 6.92 Å². The zero-order chi connectivity index (χ0) is 12.3. The molecule has 0 unspecified atom stereocenters. The SMILES string of the molecule is COc1ccc(Nc2cc(Br)nc(C)n2)cc1. The molecule has 0 spiro atoms. The number of benzene rings is 1. The molecule has 0 saturated carbocycles. The predicted molar refractivity (Wildman–Crippen MR) is 70.7 cm³/mol. The van der Waals surface area contributed by atoms with E-state index in [-0.39, 0.29) is 0 Å². The van der Waals surface area contributed by atoms with Gasteiger partial charge in [-0.15, -0.1) is 0 Å². The molecule has 0 aliphatic carbocycles. The molecule has 0 aliphatic heterocycles. The molecule has 1 heterocycles. The summed E-state index contributed by atoms with van der Waals surface area (Å²) in [6.07, 6.45) is 0. The fourth-order valence-electron chi connectivity index (χ4n) is 1.42. The molecule has 1 aromatic carbocycles. The van der Waals surface area contributed by atoms with Crippen LogP contribution in [-0.4, -0.2) is 17.1 Å². The Morgan fingerprint density at radius 2 is 1.88 bits per heavy atom. The van der Waals surface area contributed by atoms with E-state index in [9.17, 15) is 0 Å². The Morgan fingerprint density at radius 1 is 1.18 bits per heavy atom. The van der Waals surface area contributed by atoms with Crippen molar-refractivity contribution in [3.8, 4) is 5.75 Å². The number of rotatable bonds is 3. The van der Waals surface area contributed by atoms with Gasteiger partial charge in [0, 0.05) is 11.8 Å². The van der Waals surface area contributed by atoms with Crippen molar-refractivity contribution in [1.82, 2.24) is 9.97 Å². The third-order valence-corrected chi connectivity index (χ3v) is 2.58. The first-order valence-corrected chi connectivity index (χ1v) is 5.89. The van der Waals surface area contributed by atoms with Crippen molar-refractivity contribution in [2.24, 2.45) is 0 Å². The molecular formula is C12H12BrN3O. The lowest BCUT2D eigenvalue weighted by molar-refractivity contribution is 0.415.